The Bertz CT molecular complexity index is 699. The molecule has 1 spiro atoms. The number of hydrogen-bond acceptors (Lipinski definition) is 5. The van der Waals surface area contributed by atoms with Gasteiger partial charge in [0.1, 0.15) is 0 Å². The van der Waals surface area contributed by atoms with Crippen LogP contribution in [0.4, 0.5) is 0 Å². The van der Waals surface area contributed by atoms with Gasteiger partial charge in [0.2, 0.25) is 5.91 Å². The maximum atomic E-state index is 12.1. The van der Waals surface area contributed by atoms with E-state index in [2.05, 4.69) is 15.2 Å². The van der Waals surface area contributed by atoms with E-state index in [0.717, 1.165) is 50.9 Å². The van der Waals surface area contributed by atoms with E-state index < -0.39 is 5.60 Å². The molecule has 1 saturated carbocycles. The lowest BCUT2D eigenvalue weighted by molar-refractivity contribution is -0.189. The second-order valence-electron chi connectivity index (χ2n) is 8.61. The van der Waals surface area contributed by atoms with Gasteiger partial charge in [-0.1, -0.05) is 11.6 Å². The van der Waals surface area contributed by atoms with Crippen molar-refractivity contribution in [2.75, 3.05) is 19.7 Å². The molecule has 27 heavy (non-hydrogen) atoms. The fraction of sp³-hybridized carbons (Fsp3) is 0.700. The Morgan fingerprint density at radius 1 is 1.44 bits per heavy atom. The monoisotopic (exact) mass is 393 g/mol. The Labute approximate surface area is 165 Å². The molecule has 2 atom stereocenters. The zero-order chi connectivity index (χ0) is 19.1. The van der Waals surface area contributed by atoms with Crippen molar-refractivity contribution in [3.05, 3.63) is 29.0 Å². The van der Waals surface area contributed by atoms with Crippen LogP contribution in [0.5, 0.6) is 0 Å². The van der Waals surface area contributed by atoms with Crippen LogP contribution in [0, 0.1) is 5.92 Å². The number of ether oxygens (including phenoxy) is 1. The maximum Gasteiger partial charge on any atom is 0.223 e. The van der Waals surface area contributed by atoms with Crippen LogP contribution in [-0.2, 0) is 16.1 Å². The third-order valence-electron chi connectivity index (χ3n) is 6.27. The smallest absolute Gasteiger partial charge is 0.223 e. The summed E-state index contributed by atoms with van der Waals surface area (Å²) in [4.78, 5) is 18.5. The minimum absolute atomic E-state index is 0.0591. The highest BCUT2D eigenvalue weighted by Gasteiger charge is 2.50. The second-order valence-corrected chi connectivity index (χ2v) is 9.01. The first-order chi connectivity index (χ1) is 12.9. The zero-order valence-electron chi connectivity index (χ0n) is 15.8. The third-order valence-corrected chi connectivity index (χ3v) is 6.61. The van der Waals surface area contributed by atoms with Crippen molar-refractivity contribution in [1.82, 2.24) is 15.2 Å². The minimum atomic E-state index is -0.945. The summed E-state index contributed by atoms with van der Waals surface area (Å²) in [5.41, 5.74) is -0.163. The highest BCUT2D eigenvalue weighted by atomic mass is 35.5. The molecule has 1 amide bonds. The van der Waals surface area contributed by atoms with E-state index in [-0.39, 0.29) is 23.5 Å². The number of halogens is 1. The van der Waals surface area contributed by atoms with Gasteiger partial charge >= 0.3 is 0 Å². The van der Waals surface area contributed by atoms with Gasteiger partial charge in [-0.15, -0.1) is 0 Å². The number of hydrogen-bond donors (Lipinski definition) is 2. The van der Waals surface area contributed by atoms with E-state index in [4.69, 9.17) is 16.3 Å². The lowest BCUT2D eigenvalue weighted by Crippen LogP contribution is -2.64. The summed E-state index contributed by atoms with van der Waals surface area (Å²) in [5, 5.41) is 14.7. The second kappa shape index (κ2) is 7.32. The first-order valence-electron chi connectivity index (χ1n) is 9.84. The van der Waals surface area contributed by atoms with Crippen molar-refractivity contribution >= 4 is 17.5 Å². The molecule has 0 bridgehead atoms. The SMILES string of the molecule is C[C@]1(O)CC2(CCN(Cc3ccncc3Cl)CC2)OC[C@@H]1NC(=O)C1CC1. The van der Waals surface area contributed by atoms with Crippen LogP contribution in [-0.4, -0.2) is 57.8 Å². The Hall–Kier alpha value is -1.21. The standard InChI is InChI=1S/C20H28ClN3O3/c1-19(26)13-20(27-12-17(19)23-18(25)14-2-3-14)5-8-24(9-6-20)11-15-4-7-22-10-16(15)21/h4,7,10,14,17,26H,2-3,5-6,8-9,11-13H2,1H3,(H,23,25)/t17-,19-/m0/s1. The minimum Gasteiger partial charge on any atom is -0.388 e. The van der Waals surface area contributed by atoms with Crippen molar-refractivity contribution in [2.45, 2.75) is 62.8 Å². The van der Waals surface area contributed by atoms with Crippen LogP contribution in [0.25, 0.3) is 0 Å². The van der Waals surface area contributed by atoms with Gasteiger partial charge in [0.25, 0.3) is 0 Å². The number of aliphatic hydroxyl groups is 1. The first kappa shape index (κ1) is 19.1. The number of rotatable bonds is 4. The van der Waals surface area contributed by atoms with E-state index in [1.54, 1.807) is 12.4 Å². The number of likely N-dealkylation sites (tertiary alicyclic amines) is 1. The Kier molecular flexibility index (Phi) is 5.18. The molecule has 0 unspecified atom stereocenters. The third kappa shape index (κ3) is 4.29. The van der Waals surface area contributed by atoms with Gasteiger partial charge in [0, 0.05) is 44.4 Å². The lowest BCUT2D eigenvalue weighted by Gasteiger charge is -2.51. The Balaban J connectivity index is 1.33. The molecular weight excluding hydrogens is 366 g/mol. The summed E-state index contributed by atoms with van der Waals surface area (Å²) in [7, 11) is 0. The highest BCUT2D eigenvalue weighted by molar-refractivity contribution is 6.31. The number of pyridine rings is 1. The fourth-order valence-electron chi connectivity index (χ4n) is 4.31. The summed E-state index contributed by atoms with van der Waals surface area (Å²) < 4.78 is 6.24. The molecule has 148 valence electrons. The summed E-state index contributed by atoms with van der Waals surface area (Å²) >= 11 is 6.23. The van der Waals surface area contributed by atoms with E-state index in [1.807, 2.05) is 13.0 Å². The molecule has 6 nitrogen and oxygen atoms in total. The fourth-order valence-corrected chi connectivity index (χ4v) is 4.49. The van der Waals surface area contributed by atoms with Gasteiger partial charge in [-0.05, 0) is 44.2 Å². The molecule has 1 aliphatic carbocycles. The molecule has 2 N–H and O–H groups in total. The van der Waals surface area contributed by atoms with Gasteiger partial charge in [-0.2, -0.15) is 0 Å². The molecule has 2 aliphatic heterocycles. The van der Waals surface area contributed by atoms with E-state index in [1.165, 1.54) is 0 Å². The van der Waals surface area contributed by atoms with Crippen molar-refractivity contribution in [3.8, 4) is 0 Å². The topological polar surface area (TPSA) is 74.7 Å². The van der Waals surface area contributed by atoms with Crippen molar-refractivity contribution in [1.29, 1.82) is 0 Å². The van der Waals surface area contributed by atoms with Gasteiger partial charge in [0.15, 0.2) is 0 Å². The Morgan fingerprint density at radius 2 is 2.19 bits per heavy atom. The molecule has 0 radical (unpaired) electrons. The molecule has 3 heterocycles. The Morgan fingerprint density at radius 3 is 2.81 bits per heavy atom. The number of carbonyl (C=O) groups excluding carboxylic acids is 1. The molecule has 2 saturated heterocycles. The summed E-state index contributed by atoms with van der Waals surface area (Å²) in [5.74, 6) is 0.198. The summed E-state index contributed by atoms with van der Waals surface area (Å²) in [6.45, 7) is 4.80. The van der Waals surface area contributed by atoms with Gasteiger partial charge in [-0.3, -0.25) is 14.7 Å². The predicted octanol–water partition coefficient (Wildman–Crippen LogP) is 2.14. The number of nitrogens with one attached hydrogen (secondary N) is 1. The van der Waals surface area contributed by atoms with Crippen LogP contribution in [0.2, 0.25) is 5.02 Å². The lowest BCUT2D eigenvalue weighted by atomic mass is 9.75. The number of nitrogens with zero attached hydrogens (tertiary/aromatic N) is 2. The van der Waals surface area contributed by atoms with Crippen molar-refractivity contribution < 1.29 is 14.6 Å². The molecule has 1 aromatic rings. The molecule has 0 aromatic carbocycles. The van der Waals surface area contributed by atoms with E-state index >= 15 is 0 Å². The molecule has 7 heteroatoms. The predicted molar refractivity (Wildman–Crippen MR) is 102 cm³/mol. The van der Waals surface area contributed by atoms with Gasteiger partial charge in [-0.25, -0.2) is 0 Å². The van der Waals surface area contributed by atoms with Gasteiger partial charge in [0.05, 0.1) is 28.9 Å². The highest BCUT2D eigenvalue weighted by Crippen LogP contribution is 2.40. The molecule has 4 rings (SSSR count). The van der Waals surface area contributed by atoms with Crippen LogP contribution in [0.15, 0.2) is 18.5 Å². The largest absolute Gasteiger partial charge is 0.388 e. The average molecular weight is 394 g/mol. The number of carbonyl (C=O) groups is 1. The molecule has 3 fully saturated rings. The van der Waals surface area contributed by atoms with Crippen molar-refractivity contribution in [2.24, 2.45) is 5.92 Å². The van der Waals surface area contributed by atoms with Crippen LogP contribution < -0.4 is 5.32 Å². The number of aromatic nitrogens is 1. The van der Waals surface area contributed by atoms with E-state index in [9.17, 15) is 9.90 Å². The van der Waals surface area contributed by atoms with Crippen molar-refractivity contribution in [3.63, 3.8) is 0 Å². The quantitative estimate of drug-likeness (QED) is 0.819. The maximum absolute atomic E-state index is 12.1. The normalized spacial score (nSPS) is 31.0. The zero-order valence-corrected chi connectivity index (χ0v) is 16.5. The van der Waals surface area contributed by atoms with Crippen LogP contribution in [0.1, 0.15) is 44.6 Å². The summed E-state index contributed by atoms with van der Waals surface area (Å²) in [6.07, 6.45) is 7.67. The first-order valence-corrected chi connectivity index (χ1v) is 10.2. The van der Waals surface area contributed by atoms with Crippen LogP contribution in [0.3, 0.4) is 0 Å². The molecular formula is C20H28ClN3O3. The molecule has 1 aromatic heterocycles. The molecule has 3 aliphatic rings. The average Bonchev–Trinajstić information content (AvgIpc) is 3.46. The number of piperidine rings is 1. The summed E-state index contributed by atoms with van der Waals surface area (Å²) in [6, 6.07) is 1.63. The number of amides is 1. The van der Waals surface area contributed by atoms with Crippen LogP contribution >= 0.6 is 11.6 Å². The van der Waals surface area contributed by atoms with E-state index in [0.29, 0.717) is 18.1 Å². The van der Waals surface area contributed by atoms with Gasteiger partial charge < -0.3 is 15.2 Å².